The molecule has 136 valence electrons. The van der Waals surface area contributed by atoms with Crippen LogP contribution in [0.15, 0.2) is 42.7 Å². The molecule has 3 aromatic rings. The summed E-state index contributed by atoms with van der Waals surface area (Å²) in [4.78, 5) is 8.55. The van der Waals surface area contributed by atoms with Crippen LogP contribution in [0.25, 0.3) is 22.2 Å². The van der Waals surface area contributed by atoms with Gasteiger partial charge in [0.1, 0.15) is 11.9 Å². The quantitative estimate of drug-likeness (QED) is 0.741. The number of aromatic nitrogens is 2. The molecule has 0 radical (unpaired) electrons. The van der Waals surface area contributed by atoms with Gasteiger partial charge in [-0.15, -0.1) is 13.2 Å². The third-order valence-electron chi connectivity index (χ3n) is 3.90. The summed E-state index contributed by atoms with van der Waals surface area (Å²) in [6.45, 7) is 1.29. The molecule has 1 atom stereocenters. The highest BCUT2D eigenvalue weighted by atomic mass is 19.4. The smallest absolute Gasteiger partial charge is 0.406 e. The summed E-state index contributed by atoms with van der Waals surface area (Å²) in [5.41, 5.74) is 3.34. The molecule has 0 fully saturated rings. The number of hydrogen-bond donors (Lipinski definition) is 2. The summed E-state index contributed by atoms with van der Waals surface area (Å²) in [7, 11) is 0. The van der Waals surface area contributed by atoms with Crippen molar-refractivity contribution in [2.45, 2.75) is 19.4 Å². The average Bonchev–Trinajstić information content (AvgIpc) is 2.60. The predicted molar refractivity (Wildman–Crippen MR) is 88.4 cm³/mol. The molecule has 5 nitrogen and oxygen atoms in total. The molecule has 8 heteroatoms. The first-order chi connectivity index (χ1) is 12.3. The second-order valence-corrected chi connectivity index (χ2v) is 5.68. The first kappa shape index (κ1) is 18.1. The fourth-order valence-electron chi connectivity index (χ4n) is 2.85. The summed E-state index contributed by atoms with van der Waals surface area (Å²) in [6.07, 6.45) is -2.90. The number of fused-ring (bicyclic) bond motifs is 1. The van der Waals surface area contributed by atoms with E-state index in [-0.39, 0.29) is 5.75 Å². The Kier molecular flexibility index (Phi) is 4.80. The summed E-state index contributed by atoms with van der Waals surface area (Å²) in [5, 5.41) is 19.4. The van der Waals surface area contributed by atoms with Crippen molar-refractivity contribution in [1.29, 1.82) is 0 Å². The van der Waals surface area contributed by atoms with Crippen LogP contribution in [0.5, 0.6) is 5.75 Å². The van der Waals surface area contributed by atoms with Gasteiger partial charge < -0.3 is 14.9 Å². The van der Waals surface area contributed by atoms with Gasteiger partial charge in [-0.2, -0.15) is 0 Å². The monoisotopic (exact) mass is 364 g/mol. The highest BCUT2D eigenvalue weighted by Gasteiger charge is 2.31. The van der Waals surface area contributed by atoms with Crippen LogP contribution >= 0.6 is 0 Å². The van der Waals surface area contributed by atoms with E-state index in [1.54, 1.807) is 13.0 Å². The lowest BCUT2D eigenvalue weighted by atomic mass is 9.94. The van der Waals surface area contributed by atoms with E-state index in [1.165, 1.54) is 36.7 Å². The van der Waals surface area contributed by atoms with E-state index < -0.39 is 19.1 Å². The van der Waals surface area contributed by atoms with Crippen molar-refractivity contribution in [3.63, 3.8) is 0 Å². The second kappa shape index (κ2) is 6.89. The maximum atomic E-state index is 12.3. The van der Waals surface area contributed by atoms with Gasteiger partial charge in [0.2, 0.25) is 0 Å². The van der Waals surface area contributed by atoms with Gasteiger partial charge in [0.15, 0.2) is 0 Å². The van der Waals surface area contributed by atoms with Crippen LogP contribution in [0, 0.1) is 6.92 Å². The van der Waals surface area contributed by atoms with E-state index in [1.807, 2.05) is 0 Å². The highest BCUT2D eigenvalue weighted by Crippen LogP contribution is 2.34. The third kappa shape index (κ3) is 3.61. The number of benzene rings is 2. The van der Waals surface area contributed by atoms with Gasteiger partial charge in [-0.3, -0.25) is 9.97 Å². The Labute approximate surface area is 146 Å². The van der Waals surface area contributed by atoms with Crippen molar-refractivity contribution in [2.24, 2.45) is 0 Å². The zero-order valence-electron chi connectivity index (χ0n) is 13.7. The van der Waals surface area contributed by atoms with Crippen molar-refractivity contribution < 1.29 is 28.1 Å². The SMILES string of the molecule is Cc1cc(-c2ccc(OC(F)(F)F)cc2)c2nccnc2c1[C@@H](O)CO. The molecule has 2 N–H and O–H groups in total. The van der Waals surface area contributed by atoms with E-state index in [0.717, 1.165) is 0 Å². The first-order valence-electron chi connectivity index (χ1n) is 7.69. The normalized spacial score (nSPS) is 13.0. The Morgan fingerprint density at radius 1 is 1.08 bits per heavy atom. The molecular formula is C18H15F3N2O3. The van der Waals surface area contributed by atoms with Crippen LogP contribution < -0.4 is 4.74 Å². The molecule has 1 heterocycles. The molecule has 0 unspecified atom stereocenters. The lowest BCUT2D eigenvalue weighted by Crippen LogP contribution is -2.16. The van der Waals surface area contributed by atoms with Crippen LogP contribution in [0.4, 0.5) is 13.2 Å². The van der Waals surface area contributed by atoms with E-state index in [4.69, 9.17) is 0 Å². The van der Waals surface area contributed by atoms with Crippen LogP contribution in [-0.2, 0) is 0 Å². The number of nitrogens with zero attached hydrogens (tertiary/aromatic N) is 2. The number of halogens is 3. The minimum Gasteiger partial charge on any atom is -0.406 e. The number of hydrogen-bond acceptors (Lipinski definition) is 5. The molecule has 0 aliphatic rings. The zero-order valence-corrected chi connectivity index (χ0v) is 13.7. The Morgan fingerprint density at radius 2 is 1.69 bits per heavy atom. The van der Waals surface area contributed by atoms with Gasteiger partial charge in [0.05, 0.1) is 17.6 Å². The fraction of sp³-hybridized carbons (Fsp3) is 0.222. The van der Waals surface area contributed by atoms with Crippen LogP contribution in [-0.4, -0.2) is 33.2 Å². The predicted octanol–water partition coefficient (Wildman–Crippen LogP) is 3.53. The molecule has 0 aliphatic carbocycles. The molecule has 0 aliphatic heterocycles. The van der Waals surface area contributed by atoms with Crippen molar-refractivity contribution in [3.8, 4) is 16.9 Å². The topological polar surface area (TPSA) is 75.5 Å². The van der Waals surface area contributed by atoms with E-state index in [0.29, 0.717) is 33.3 Å². The first-order valence-corrected chi connectivity index (χ1v) is 7.69. The number of aryl methyl sites for hydroxylation is 1. The lowest BCUT2D eigenvalue weighted by molar-refractivity contribution is -0.274. The molecule has 0 bridgehead atoms. The number of aliphatic hydroxyl groups is 2. The van der Waals surface area contributed by atoms with Gasteiger partial charge in [0.25, 0.3) is 0 Å². The summed E-state index contributed by atoms with van der Waals surface area (Å²) < 4.78 is 40.8. The number of rotatable bonds is 4. The van der Waals surface area contributed by atoms with Crippen LogP contribution in [0.1, 0.15) is 17.2 Å². The molecule has 26 heavy (non-hydrogen) atoms. The van der Waals surface area contributed by atoms with E-state index in [9.17, 15) is 23.4 Å². The molecular weight excluding hydrogens is 349 g/mol. The Morgan fingerprint density at radius 3 is 2.27 bits per heavy atom. The largest absolute Gasteiger partial charge is 0.573 e. The number of aliphatic hydroxyl groups excluding tert-OH is 2. The Hall–Kier alpha value is -2.71. The van der Waals surface area contributed by atoms with Crippen molar-refractivity contribution >= 4 is 11.0 Å². The van der Waals surface area contributed by atoms with Crippen LogP contribution in [0.3, 0.4) is 0 Å². The Balaban J connectivity index is 2.11. The minimum absolute atomic E-state index is 0.319. The summed E-state index contributed by atoms with van der Waals surface area (Å²) in [6, 6.07) is 7.18. The van der Waals surface area contributed by atoms with Gasteiger partial charge in [0, 0.05) is 23.5 Å². The molecule has 0 saturated carbocycles. The van der Waals surface area contributed by atoms with Gasteiger partial charge in [-0.05, 0) is 36.2 Å². The van der Waals surface area contributed by atoms with Gasteiger partial charge in [-0.1, -0.05) is 12.1 Å². The highest BCUT2D eigenvalue weighted by molar-refractivity contribution is 5.94. The maximum absolute atomic E-state index is 12.3. The standard InChI is InChI=1S/C18H15F3N2O3/c1-10-8-13(11-2-4-12(5-3-11)26-18(19,20)21)16-17(23-7-6-22-16)15(10)14(25)9-24/h2-8,14,24-25H,9H2,1H3/t14-/m0/s1. The van der Waals surface area contributed by atoms with Gasteiger partial charge >= 0.3 is 6.36 Å². The van der Waals surface area contributed by atoms with Crippen molar-refractivity contribution in [3.05, 3.63) is 53.9 Å². The van der Waals surface area contributed by atoms with Crippen molar-refractivity contribution in [1.82, 2.24) is 9.97 Å². The van der Waals surface area contributed by atoms with Crippen molar-refractivity contribution in [2.75, 3.05) is 6.61 Å². The maximum Gasteiger partial charge on any atom is 0.573 e. The summed E-state index contributed by atoms with van der Waals surface area (Å²) >= 11 is 0. The molecule has 0 spiro atoms. The number of alkyl halides is 3. The zero-order chi connectivity index (χ0) is 18.9. The number of ether oxygens (including phenoxy) is 1. The molecule has 0 amide bonds. The minimum atomic E-state index is -4.75. The molecule has 0 saturated heterocycles. The van der Waals surface area contributed by atoms with Gasteiger partial charge in [-0.25, -0.2) is 0 Å². The lowest BCUT2D eigenvalue weighted by Gasteiger charge is -2.16. The van der Waals surface area contributed by atoms with E-state index >= 15 is 0 Å². The summed E-state index contributed by atoms with van der Waals surface area (Å²) in [5.74, 6) is -0.319. The van der Waals surface area contributed by atoms with Crippen LogP contribution in [0.2, 0.25) is 0 Å². The second-order valence-electron chi connectivity index (χ2n) is 5.68. The molecule has 3 rings (SSSR count). The fourth-order valence-corrected chi connectivity index (χ4v) is 2.85. The average molecular weight is 364 g/mol. The van der Waals surface area contributed by atoms with E-state index in [2.05, 4.69) is 14.7 Å². The molecule has 1 aromatic heterocycles. The molecule has 2 aromatic carbocycles. The third-order valence-corrected chi connectivity index (χ3v) is 3.90. The Bertz CT molecular complexity index is 927.